The molecule has 3 rings (SSSR count). The number of esters is 1. The maximum absolute atomic E-state index is 12.6. The van der Waals surface area contributed by atoms with Crippen LogP contribution in [0.3, 0.4) is 0 Å². The summed E-state index contributed by atoms with van der Waals surface area (Å²) in [5.41, 5.74) is 3.69. The van der Waals surface area contributed by atoms with Crippen LogP contribution >= 0.6 is 0 Å². The fraction of sp³-hybridized carbons (Fsp3) is 0.367. The van der Waals surface area contributed by atoms with Gasteiger partial charge in [-0.15, -0.1) is 0 Å². The Labute approximate surface area is 203 Å². The second kappa shape index (κ2) is 13.6. The average Bonchev–Trinajstić information content (AvgIpc) is 2.88. The SMILES string of the molecule is CCCCCCOC(C)c1ccc(OC(=O)c2ccc(-c3ccc(OCCC)cc3)cc2)cc1. The minimum Gasteiger partial charge on any atom is -0.494 e. The molecule has 0 bridgehead atoms. The molecule has 1 unspecified atom stereocenters. The number of carbonyl (C=O) groups excluding carboxylic acids is 1. The number of hydrogen-bond acceptors (Lipinski definition) is 4. The maximum atomic E-state index is 12.6. The fourth-order valence-electron chi connectivity index (χ4n) is 3.62. The standard InChI is InChI=1S/C30H36O4/c1-4-6-7-8-22-32-23(3)24-13-19-29(20-14-24)34-30(31)27-11-9-25(10-12-27)26-15-17-28(18-16-26)33-21-5-2/h9-20,23H,4-8,21-22H2,1-3H3. The Balaban J connectivity index is 1.52. The van der Waals surface area contributed by atoms with E-state index in [4.69, 9.17) is 14.2 Å². The van der Waals surface area contributed by atoms with Crippen LogP contribution in [0.25, 0.3) is 11.1 Å². The quantitative estimate of drug-likeness (QED) is 0.147. The van der Waals surface area contributed by atoms with Crippen molar-refractivity contribution in [1.29, 1.82) is 0 Å². The molecule has 4 heteroatoms. The predicted octanol–water partition coefficient (Wildman–Crippen LogP) is 8.02. The van der Waals surface area contributed by atoms with Crippen LogP contribution in [0, 0.1) is 0 Å². The van der Waals surface area contributed by atoms with E-state index in [9.17, 15) is 4.79 Å². The van der Waals surface area contributed by atoms with Crippen molar-refractivity contribution < 1.29 is 19.0 Å². The molecule has 3 aromatic carbocycles. The first-order chi connectivity index (χ1) is 16.6. The van der Waals surface area contributed by atoms with Gasteiger partial charge < -0.3 is 14.2 Å². The number of rotatable bonds is 13. The first-order valence-electron chi connectivity index (χ1n) is 12.4. The normalized spacial score (nSPS) is 11.7. The van der Waals surface area contributed by atoms with Crippen molar-refractivity contribution >= 4 is 5.97 Å². The molecule has 1 atom stereocenters. The average molecular weight is 461 g/mol. The zero-order valence-corrected chi connectivity index (χ0v) is 20.6. The predicted molar refractivity (Wildman–Crippen MR) is 138 cm³/mol. The highest BCUT2D eigenvalue weighted by Crippen LogP contribution is 2.24. The van der Waals surface area contributed by atoms with Gasteiger partial charge in [-0.3, -0.25) is 0 Å². The zero-order chi connectivity index (χ0) is 24.2. The van der Waals surface area contributed by atoms with E-state index in [2.05, 4.69) is 13.8 Å². The number of unbranched alkanes of at least 4 members (excludes halogenated alkanes) is 3. The molecule has 0 amide bonds. The smallest absolute Gasteiger partial charge is 0.343 e. The Morgan fingerprint density at radius 1 is 0.706 bits per heavy atom. The molecule has 0 saturated heterocycles. The summed E-state index contributed by atoms with van der Waals surface area (Å²) in [7, 11) is 0. The Morgan fingerprint density at radius 2 is 1.32 bits per heavy atom. The van der Waals surface area contributed by atoms with Crippen LogP contribution in [-0.4, -0.2) is 19.2 Å². The highest BCUT2D eigenvalue weighted by atomic mass is 16.5. The van der Waals surface area contributed by atoms with Gasteiger partial charge in [-0.25, -0.2) is 4.79 Å². The molecule has 0 fully saturated rings. The minimum atomic E-state index is -0.372. The van der Waals surface area contributed by atoms with Crippen molar-refractivity contribution in [1.82, 2.24) is 0 Å². The summed E-state index contributed by atoms with van der Waals surface area (Å²) in [5, 5.41) is 0. The second-order valence-corrected chi connectivity index (χ2v) is 8.48. The molecule has 0 aliphatic rings. The first-order valence-corrected chi connectivity index (χ1v) is 12.4. The van der Waals surface area contributed by atoms with Gasteiger partial charge in [0, 0.05) is 6.61 Å². The molecular weight excluding hydrogens is 424 g/mol. The van der Waals surface area contributed by atoms with Gasteiger partial charge in [-0.05, 0) is 72.9 Å². The molecule has 0 aliphatic carbocycles. The van der Waals surface area contributed by atoms with E-state index in [-0.39, 0.29) is 12.1 Å². The van der Waals surface area contributed by atoms with E-state index in [1.165, 1.54) is 19.3 Å². The van der Waals surface area contributed by atoms with Crippen molar-refractivity contribution in [2.45, 2.75) is 59.0 Å². The van der Waals surface area contributed by atoms with Crippen LogP contribution in [0.1, 0.15) is 74.9 Å². The second-order valence-electron chi connectivity index (χ2n) is 8.48. The van der Waals surface area contributed by atoms with Gasteiger partial charge in [0.25, 0.3) is 0 Å². The van der Waals surface area contributed by atoms with E-state index in [0.29, 0.717) is 17.9 Å². The van der Waals surface area contributed by atoms with E-state index in [1.54, 1.807) is 12.1 Å². The summed E-state index contributed by atoms with van der Waals surface area (Å²) in [6.07, 6.45) is 5.78. The molecule has 0 spiro atoms. The van der Waals surface area contributed by atoms with E-state index >= 15 is 0 Å². The van der Waals surface area contributed by atoms with Gasteiger partial charge >= 0.3 is 5.97 Å². The van der Waals surface area contributed by atoms with Crippen molar-refractivity contribution in [3.8, 4) is 22.6 Å². The van der Waals surface area contributed by atoms with Gasteiger partial charge in [-0.1, -0.05) is 69.5 Å². The lowest BCUT2D eigenvalue weighted by atomic mass is 10.0. The third kappa shape index (κ3) is 7.74. The molecule has 0 heterocycles. The first kappa shape index (κ1) is 25.5. The summed E-state index contributed by atoms with van der Waals surface area (Å²) in [5.74, 6) is 1.02. The molecular formula is C30H36O4. The Kier molecular flexibility index (Phi) is 10.2. The third-order valence-corrected chi connectivity index (χ3v) is 5.71. The van der Waals surface area contributed by atoms with Crippen molar-refractivity contribution in [2.75, 3.05) is 13.2 Å². The Morgan fingerprint density at radius 3 is 1.94 bits per heavy atom. The minimum absolute atomic E-state index is 0.0196. The lowest BCUT2D eigenvalue weighted by Crippen LogP contribution is -2.08. The van der Waals surface area contributed by atoms with Crippen LogP contribution in [-0.2, 0) is 4.74 Å². The van der Waals surface area contributed by atoms with E-state index in [0.717, 1.165) is 41.9 Å². The fourth-order valence-corrected chi connectivity index (χ4v) is 3.62. The molecule has 0 radical (unpaired) electrons. The molecule has 0 saturated carbocycles. The summed E-state index contributed by atoms with van der Waals surface area (Å²) >= 11 is 0. The Hall–Kier alpha value is -3.11. The van der Waals surface area contributed by atoms with E-state index < -0.39 is 0 Å². The number of carbonyl (C=O) groups is 1. The number of benzene rings is 3. The van der Waals surface area contributed by atoms with Crippen LogP contribution in [0.5, 0.6) is 11.5 Å². The van der Waals surface area contributed by atoms with Crippen LogP contribution in [0.2, 0.25) is 0 Å². The van der Waals surface area contributed by atoms with E-state index in [1.807, 2.05) is 67.6 Å². The molecule has 34 heavy (non-hydrogen) atoms. The van der Waals surface area contributed by atoms with Gasteiger partial charge in [0.2, 0.25) is 0 Å². The molecule has 0 aliphatic heterocycles. The molecule has 0 N–H and O–H groups in total. The third-order valence-electron chi connectivity index (χ3n) is 5.71. The van der Waals surface area contributed by atoms with Crippen LogP contribution < -0.4 is 9.47 Å². The highest BCUT2D eigenvalue weighted by Gasteiger charge is 2.11. The topological polar surface area (TPSA) is 44.8 Å². The highest BCUT2D eigenvalue weighted by molar-refractivity contribution is 5.91. The zero-order valence-electron chi connectivity index (χ0n) is 20.6. The summed E-state index contributed by atoms with van der Waals surface area (Å²) in [4.78, 5) is 12.6. The number of ether oxygens (including phenoxy) is 3. The van der Waals surface area contributed by atoms with Crippen LogP contribution in [0.15, 0.2) is 72.8 Å². The van der Waals surface area contributed by atoms with Gasteiger partial charge in [0.05, 0.1) is 18.3 Å². The van der Waals surface area contributed by atoms with Crippen molar-refractivity contribution in [3.63, 3.8) is 0 Å². The van der Waals surface area contributed by atoms with Gasteiger partial charge in [0.1, 0.15) is 11.5 Å². The molecule has 180 valence electrons. The molecule has 0 aromatic heterocycles. The van der Waals surface area contributed by atoms with Gasteiger partial charge in [0.15, 0.2) is 0 Å². The van der Waals surface area contributed by atoms with Crippen molar-refractivity contribution in [3.05, 3.63) is 83.9 Å². The number of hydrogen-bond donors (Lipinski definition) is 0. The summed E-state index contributed by atoms with van der Waals surface area (Å²) < 4.78 is 17.1. The monoisotopic (exact) mass is 460 g/mol. The lowest BCUT2D eigenvalue weighted by molar-refractivity contribution is 0.0627. The van der Waals surface area contributed by atoms with Crippen molar-refractivity contribution in [2.24, 2.45) is 0 Å². The summed E-state index contributed by atoms with van der Waals surface area (Å²) in [6.45, 7) is 7.82. The Bertz CT molecular complexity index is 991. The largest absolute Gasteiger partial charge is 0.494 e. The molecule has 3 aromatic rings. The summed E-state index contributed by atoms with van der Waals surface area (Å²) in [6, 6.07) is 23.0. The molecule has 4 nitrogen and oxygen atoms in total. The lowest BCUT2D eigenvalue weighted by Gasteiger charge is -2.14. The van der Waals surface area contributed by atoms with Crippen LogP contribution in [0.4, 0.5) is 0 Å². The maximum Gasteiger partial charge on any atom is 0.343 e. The van der Waals surface area contributed by atoms with Gasteiger partial charge in [-0.2, -0.15) is 0 Å².